The molecule has 1 atom stereocenters. The number of methoxy groups -OCH3 is 2. The topological polar surface area (TPSA) is 68.9 Å². The third-order valence-corrected chi connectivity index (χ3v) is 3.92. The van der Waals surface area contributed by atoms with Crippen LogP contribution in [0.25, 0.3) is 0 Å². The molecule has 24 heavy (non-hydrogen) atoms. The smallest absolute Gasteiger partial charge is 0.193 e. The maximum Gasteiger partial charge on any atom is 0.193 e. The van der Waals surface area contributed by atoms with Crippen molar-refractivity contribution in [2.75, 3.05) is 26.1 Å². The molecule has 0 bridgehead atoms. The van der Waals surface area contributed by atoms with Gasteiger partial charge in [-0.2, -0.15) is 0 Å². The van der Waals surface area contributed by atoms with E-state index in [1.807, 2.05) is 36.4 Å². The van der Waals surface area contributed by atoms with Gasteiger partial charge in [-0.05, 0) is 24.1 Å². The van der Waals surface area contributed by atoms with Crippen LogP contribution in [0, 0.1) is 0 Å². The molecule has 0 saturated heterocycles. The summed E-state index contributed by atoms with van der Waals surface area (Å²) in [6, 6.07) is 15.8. The van der Waals surface area contributed by atoms with Crippen molar-refractivity contribution >= 4 is 11.6 Å². The highest BCUT2D eigenvalue weighted by Gasteiger charge is 2.09. The highest BCUT2D eigenvalue weighted by molar-refractivity contribution is 5.94. The first kappa shape index (κ1) is 17.7. The van der Waals surface area contributed by atoms with E-state index in [1.165, 1.54) is 5.56 Å². The van der Waals surface area contributed by atoms with Gasteiger partial charge in [-0.25, -0.2) is 0 Å². The van der Waals surface area contributed by atoms with Gasteiger partial charge in [0.2, 0.25) is 0 Å². The lowest BCUT2D eigenvalue weighted by Gasteiger charge is -2.15. The summed E-state index contributed by atoms with van der Waals surface area (Å²) in [5.41, 5.74) is 8.05. The van der Waals surface area contributed by atoms with Crippen LogP contribution in [0.2, 0.25) is 0 Å². The lowest BCUT2D eigenvalue weighted by molar-refractivity contribution is 0.405. The van der Waals surface area contributed by atoms with Crippen molar-refractivity contribution in [3.8, 4) is 11.5 Å². The van der Waals surface area contributed by atoms with E-state index < -0.39 is 0 Å². The van der Waals surface area contributed by atoms with E-state index in [0.717, 1.165) is 17.9 Å². The summed E-state index contributed by atoms with van der Waals surface area (Å²) in [6.07, 6.45) is 1.00. The van der Waals surface area contributed by atoms with Gasteiger partial charge in [-0.3, -0.25) is 4.99 Å². The summed E-state index contributed by atoms with van der Waals surface area (Å²) >= 11 is 0. The highest BCUT2D eigenvalue weighted by Crippen LogP contribution is 2.28. The van der Waals surface area contributed by atoms with Crippen LogP contribution < -0.4 is 20.5 Å². The molecule has 0 aliphatic rings. The van der Waals surface area contributed by atoms with Crippen LogP contribution >= 0.6 is 0 Å². The van der Waals surface area contributed by atoms with Gasteiger partial charge in [0, 0.05) is 18.5 Å². The van der Waals surface area contributed by atoms with Gasteiger partial charge in [0.25, 0.3) is 0 Å². The lowest BCUT2D eigenvalue weighted by Crippen LogP contribution is -2.24. The lowest BCUT2D eigenvalue weighted by atomic mass is 9.97. The fourth-order valence-corrected chi connectivity index (χ4v) is 2.49. The number of guanidine groups is 1. The standard InChI is InChI=1S/C19H25N3O2/c1-4-14(15-8-6-5-7-9-15)13-21-19(20)22-17-12-16(23-2)10-11-18(17)24-3/h5-12,14H,4,13H2,1-3H3,(H3,20,21,22). The summed E-state index contributed by atoms with van der Waals surface area (Å²) in [5.74, 6) is 2.11. The van der Waals surface area contributed by atoms with Crippen molar-refractivity contribution < 1.29 is 9.47 Å². The van der Waals surface area contributed by atoms with E-state index in [2.05, 4.69) is 29.4 Å². The monoisotopic (exact) mass is 327 g/mol. The minimum atomic E-state index is 0.346. The normalized spacial score (nSPS) is 12.5. The molecule has 3 N–H and O–H groups in total. The summed E-state index contributed by atoms with van der Waals surface area (Å²) in [6.45, 7) is 2.79. The molecule has 2 rings (SSSR count). The summed E-state index contributed by atoms with van der Waals surface area (Å²) in [4.78, 5) is 4.48. The number of benzene rings is 2. The van der Waals surface area contributed by atoms with Crippen LogP contribution in [0.4, 0.5) is 5.69 Å². The average molecular weight is 327 g/mol. The van der Waals surface area contributed by atoms with Gasteiger partial charge in [-0.1, -0.05) is 37.3 Å². The zero-order chi connectivity index (χ0) is 17.4. The molecule has 0 saturated carbocycles. The molecule has 0 heterocycles. The van der Waals surface area contributed by atoms with Gasteiger partial charge in [0.1, 0.15) is 11.5 Å². The number of nitrogens with two attached hydrogens (primary N) is 1. The molecular formula is C19H25N3O2. The Morgan fingerprint density at radius 3 is 2.50 bits per heavy atom. The summed E-state index contributed by atoms with van der Waals surface area (Å²) < 4.78 is 10.6. The van der Waals surface area contributed by atoms with E-state index in [0.29, 0.717) is 24.2 Å². The van der Waals surface area contributed by atoms with Crippen molar-refractivity contribution in [3.05, 3.63) is 54.1 Å². The second-order valence-corrected chi connectivity index (χ2v) is 5.43. The number of hydrogen-bond donors (Lipinski definition) is 2. The predicted octanol–water partition coefficient (Wildman–Crippen LogP) is 3.62. The zero-order valence-electron chi connectivity index (χ0n) is 14.5. The first-order chi connectivity index (χ1) is 11.7. The molecule has 0 amide bonds. The second kappa shape index (κ2) is 8.82. The van der Waals surface area contributed by atoms with E-state index in [4.69, 9.17) is 15.2 Å². The average Bonchev–Trinajstić information content (AvgIpc) is 2.63. The number of hydrogen-bond acceptors (Lipinski definition) is 3. The first-order valence-electron chi connectivity index (χ1n) is 8.01. The van der Waals surface area contributed by atoms with Crippen LogP contribution in [-0.4, -0.2) is 26.7 Å². The summed E-state index contributed by atoms with van der Waals surface area (Å²) in [5, 5.41) is 3.09. The van der Waals surface area contributed by atoms with Crippen LogP contribution in [0.3, 0.4) is 0 Å². The van der Waals surface area contributed by atoms with E-state index in [-0.39, 0.29) is 0 Å². The van der Waals surface area contributed by atoms with E-state index >= 15 is 0 Å². The quantitative estimate of drug-likeness (QED) is 0.602. The Bertz CT molecular complexity index is 672. The highest BCUT2D eigenvalue weighted by atomic mass is 16.5. The number of ether oxygens (including phenoxy) is 2. The third-order valence-electron chi connectivity index (χ3n) is 3.92. The molecular weight excluding hydrogens is 302 g/mol. The Hall–Kier alpha value is -2.69. The second-order valence-electron chi connectivity index (χ2n) is 5.43. The first-order valence-corrected chi connectivity index (χ1v) is 8.01. The zero-order valence-corrected chi connectivity index (χ0v) is 14.5. The van der Waals surface area contributed by atoms with Gasteiger partial charge in [0.05, 0.1) is 19.9 Å². The van der Waals surface area contributed by atoms with Crippen LogP contribution in [-0.2, 0) is 0 Å². The molecule has 5 heteroatoms. The van der Waals surface area contributed by atoms with Crippen molar-refractivity contribution in [1.82, 2.24) is 0 Å². The van der Waals surface area contributed by atoms with Crippen LogP contribution in [0.5, 0.6) is 11.5 Å². The minimum absolute atomic E-state index is 0.346. The molecule has 128 valence electrons. The van der Waals surface area contributed by atoms with E-state index in [9.17, 15) is 0 Å². The number of nitrogens with zero attached hydrogens (tertiary/aromatic N) is 1. The molecule has 0 radical (unpaired) electrons. The Morgan fingerprint density at radius 1 is 1.12 bits per heavy atom. The Labute approximate surface area is 143 Å². The van der Waals surface area contributed by atoms with Crippen LogP contribution in [0.15, 0.2) is 53.5 Å². The molecule has 5 nitrogen and oxygen atoms in total. The Kier molecular flexibility index (Phi) is 6.49. The van der Waals surface area contributed by atoms with Gasteiger partial charge < -0.3 is 20.5 Å². The largest absolute Gasteiger partial charge is 0.497 e. The van der Waals surface area contributed by atoms with Crippen molar-refractivity contribution in [3.63, 3.8) is 0 Å². The van der Waals surface area contributed by atoms with Crippen LogP contribution in [0.1, 0.15) is 24.8 Å². The van der Waals surface area contributed by atoms with Crippen molar-refractivity contribution in [2.24, 2.45) is 10.7 Å². The number of nitrogens with one attached hydrogen (secondary N) is 1. The van der Waals surface area contributed by atoms with Crippen molar-refractivity contribution in [1.29, 1.82) is 0 Å². The molecule has 2 aromatic carbocycles. The third kappa shape index (κ3) is 4.65. The van der Waals surface area contributed by atoms with Gasteiger partial charge in [-0.15, -0.1) is 0 Å². The molecule has 0 aliphatic heterocycles. The fraction of sp³-hybridized carbons (Fsp3) is 0.316. The molecule has 0 aromatic heterocycles. The maximum atomic E-state index is 6.04. The molecule has 1 unspecified atom stereocenters. The number of rotatable bonds is 7. The van der Waals surface area contributed by atoms with Gasteiger partial charge in [0.15, 0.2) is 5.96 Å². The SMILES string of the molecule is CCC(CN=C(N)Nc1cc(OC)ccc1OC)c1ccccc1. The molecule has 0 fully saturated rings. The van der Waals surface area contributed by atoms with Gasteiger partial charge >= 0.3 is 0 Å². The molecule has 0 spiro atoms. The van der Waals surface area contributed by atoms with Crippen molar-refractivity contribution in [2.45, 2.75) is 19.3 Å². The maximum absolute atomic E-state index is 6.04. The number of anilines is 1. The fourth-order valence-electron chi connectivity index (χ4n) is 2.49. The Morgan fingerprint density at radius 2 is 1.88 bits per heavy atom. The molecule has 0 aliphatic carbocycles. The molecule has 2 aromatic rings. The summed E-state index contributed by atoms with van der Waals surface area (Å²) in [7, 11) is 3.23. The minimum Gasteiger partial charge on any atom is -0.497 e. The number of aliphatic imine (C=N–C) groups is 1. The Balaban J connectivity index is 2.08. The van der Waals surface area contributed by atoms with E-state index in [1.54, 1.807) is 14.2 Å². The predicted molar refractivity (Wildman–Crippen MR) is 99.1 cm³/mol.